The zero-order chi connectivity index (χ0) is 19.1. The average Bonchev–Trinajstić information content (AvgIpc) is 3.17. The number of nitrogens with zero attached hydrogens (tertiary/aromatic N) is 1. The number of amides is 2. The van der Waals surface area contributed by atoms with Crippen LogP contribution in [0.25, 0.3) is 0 Å². The number of thioether (sulfide) groups is 1. The van der Waals surface area contributed by atoms with Crippen LogP contribution in [0.5, 0.6) is 0 Å². The van der Waals surface area contributed by atoms with E-state index in [1.165, 1.54) is 32.1 Å². The van der Waals surface area contributed by atoms with E-state index in [1.54, 1.807) is 11.8 Å². The molecule has 0 radical (unpaired) electrons. The first kappa shape index (κ1) is 20.2. The fraction of sp³-hybridized carbons (Fsp3) is 0.636. The van der Waals surface area contributed by atoms with Crippen molar-refractivity contribution in [1.82, 2.24) is 10.2 Å². The van der Waals surface area contributed by atoms with Gasteiger partial charge in [0, 0.05) is 17.9 Å². The van der Waals surface area contributed by atoms with E-state index in [-0.39, 0.29) is 23.2 Å². The van der Waals surface area contributed by atoms with Gasteiger partial charge in [0.25, 0.3) is 5.91 Å². The second-order valence-electron chi connectivity index (χ2n) is 7.71. The Balaban J connectivity index is 1.75. The van der Waals surface area contributed by atoms with Crippen LogP contribution < -0.4 is 5.32 Å². The van der Waals surface area contributed by atoms with E-state index in [9.17, 15) is 9.59 Å². The smallest absolute Gasteiger partial charge is 0.255 e. The summed E-state index contributed by atoms with van der Waals surface area (Å²) in [5, 5.41) is 3.20. The molecule has 1 aliphatic carbocycles. The molecule has 3 rings (SSSR count). The van der Waals surface area contributed by atoms with Crippen molar-refractivity contribution in [2.45, 2.75) is 69.7 Å². The Kier molecular flexibility index (Phi) is 7.62. The molecule has 27 heavy (non-hydrogen) atoms. The second kappa shape index (κ2) is 10.2. The molecule has 1 N–H and O–H groups in total. The third-order valence-corrected chi connectivity index (χ3v) is 7.19. The molecule has 2 atom stereocenters. The number of rotatable bonds is 7. The van der Waals surface area contributed by atoms with Crippen LogP contribution in [0.15, 0.2) is 30.3 Å². The highest BCUT2D eigenvalue weighted by Gasteiger charge is 2.44. The lowest BCUT2D eigenvalue weighted by molar-refractivity contribution is -0.125. The Morgan fingerprint density at radius 2 is 1.85 bits per heavy atom. The first-order chi connectivity index (χ1) is 13.2. The number of hydrogen-bond acceptors (Lipinski definition) is 3. The van der Waals surface area contributed by atoms with Crippen molar-refractivity contribution in [3.63, 3.8) is 0 Å². The first-order valence-corrected chi connectivity index (χ1v) is 11.5. The minimum absolute atomic E-state index is 0.00452. The molecule has 1 heterocycles. The topological polar surface area (TPSA) is 49.4 Å². The molecule has 0 aromatic heterocycles. The summed E-state index contributed by atoms with van der Waals surface area (Å²) in [6, 6.07) is 9.08. The highest BCUT2D eigenvalue weighted by atomic mass is 32.2. The quantitative estimate of drug-likeness (QED) is 0.702. The molecule has 2 fully saturated rings. The summed E-state index contributed by atoms with van der Waals surface area (Å²) >= 11 is 1.80. The van der Waals surface area contributed by atoms with Gasteiger partial charge in [-0.15, -0.1) is 11.8 Å². The molecular formula is C22H32N2O2S. The maximum Gasteiger partial charge on any atom is 0.255 e. The summed E-state index contributed by atoms with van der Waals surface area (Å²) in [4.78, 5) is 28.1. The lowest BCUT2D eigenvalue weighted by Crippen LogP contribution is -2.51. The predicted molar refractivity (Wildman–Crippen MR) is 112 cm³/mol. The van der Waals surface area contributed by atoms with Gasteiger partial charge < -0.3 is 10.2 Å². The van der Waals surface area contributed by atoms with Crippen molar-refractivity contribution < 1.29 is 9.59 Å². The fourth-order valence-electron chi connectivity index (χ4n) is 4.20. The maximum atomic E-state index is 13.3. The Morgan fingerprint density at radius 3 is 2.56 bits per heavy atom. The van der Waals surface area contributed by atoms with E-state index in [4.69, 9.17) is 0 Å². The van der Waals surface area contributed by atoms with E-state index in [0.717, 1.165) is 19.3 Å². The summed E-state index contributed by atoms with van der Waals surface area (Å²) < 4.78 is 0. The largest absolute Gasteiger partial charge is 0.354 e. The monoisotopic (exact) mass is 388 g/mol. The van der Waals surface area contributed by atoms with Crippen LogP contribution in [0.3, 0.4) is 0 Å². The van der Waals surface area contributed by atoms with Crippen LogP contribution in [0.1, 0.15) is 68.6 Å². The number of benzene rings is 1. The molecule has 1 saturated carbocycles. The van der Waals surface area contributed by atoms with Gasteiger partial charge in [-0.05, 0) is 37.3 Å². The van der Waals surface area contributed by atoms with Gasteiger partial charge in [0.2, 0.25) is 5.91 Å². The number of carbonyl (C=O) groups is 2. The van der Waals surface area contributed by atoms with Crippen molar-refractivity contribution in [2.24, 2.45) is 5.92 Å². The molecule has 4 nitrogen and oxygen atoms in total. The third-order valence-electron chi connectivity index (χ3n) is 5.73. The summed E-state index contributed by atoms with van der Waals surface area (Å²) in [6.45, 7) is 2.86. The predicted octanol–water partition coefficient (Wildman–Crippen LogP) is 4.46. The Morgan fingerprint density at radius 1 is 1.11 bits per heavy atom. The van der Waals surface area contributed by atoms with Crippen LogP contribution in [-0.2, 0) is 4.79 Å². The minimum atomic E-state index is -0.351. The zero-order valence-corrected chi connectivity index (χ0v) is 17.2. The van der Waals surface area contributed by atoms with Crippen molar-refractivity contribution in [2.75, 3.05) is 12.3 Å². The molecule has 1 saturated heterocycles. The molecule has 1 aromatic carbocycles. The van der Waals surface area contributed by atoms with Crippen LogP contribution in [0.2, 0.25) is 0 Å². The zero-order valence-electron chi connectivity index (χ0n) is 16.4. The van der Waals surface area contributed by atoms with Crippen LogP contribution in [0, 0.1) is 5.92 Å². The number of nitrogens with one attached hydrogen (secondary N) is 1. The molecule has 5 heteroatoms. The van der Waals surface area contributed by atoms with Crippen LogP contribution >= 0.6 is 11.8 Å². The summed E-state index contributed by atoms with van der Waals surface area (Å²) in [5.41, 5.74) is 0.685. The minimum Gasteiger partial charge on any atom is -0.354 e. The number of carbonyl (C=O) groups excluding carboxylic acids is 2. The van der Waals surface area contributed by atoms with Crippen molar-refractivity contribution in [1.29, 1.82) is 0 Å². The molecule has 2 aliphatic rings. The maximum absolute atomic E-state index is 13.3. The van der Waals surface area contributed by atoms with Gasteiger partial charge in [-0.3, -0.25) is 9.59 Å². The average molecular weight is 389 g/mol. The lowest BCUT2D eigenvalue weighted by atomic mass is 9.88. The van der Waals surface area contributed by atoms with Crippen LogP contribution in [-0.4, -0.2) is 40.4 Å². The van der Waals surface area contributed by atoms with Gasteiger partial charge in [-0.25, -0.2) is 0 Å². The number of unbranched alkanes of at least 4 members (excludes halogenated alkanes) is 2. The second-order valence-corrected chi connectivity index (χ2v) is 8.86. The molecule has 1 aromatic rings. The van der Waals surface area contributed by atoms with Gasteiger partial charge >= 0.3 is 0 Å². The normalized spacial score (nSPS) is 23.4. The van der Waals surface area contributed by atoms with Gasteiger partial charge in [-0.1, -0.05) is 57.2 Å². The van der Waals surface area contributed by atoms with Crippen molar-refractivity contribution >= 4 is 23.6 Å². The summed E-state index contributed by atoms with van der Waals surface area (Å²) in [7, 11) is 0. The molecule has 0 unspecified atom stereocenters. The van der Waals surface area contributed by atoms with E-state index in [0.29, 0.717) is 23.8 Å². The van der Waals surface area contributed by atoms with Gasteiger partial charge in [0.05, 0.1) is 5.37 Å². The van der Waals surface area contributed by atoms with E-state index in [2.05, 4.69) is 12.2 Å². The Labute approximate surface area is 167 Å². The Hall–Kier alpha value is -1.49. The van der Waals surface area contributed by atoms with Crippen LogP contribution in [0.4, 0.5) is 0 Å². The molecule has 1 aliphatic heterocycles. The molecule has 0 spiro atoms. The summed E-state index contributed by atoms with van der Waals surface area (Å²) in [5.74, 6) is 1.24. The standard InChI is InChI=1S/C22H32N2O2S/c1-2-3-10-15-23-20(25)19-16-27-22(18-13-8-5-9-14-18)24(19)21(26)17-11-6-4-7-12-17/h4,6-7,11-12,18-19,22H,2-3,5,8-10,13-16H2,1H3,(H,23,25)/t19-,22-/m1/s1. The fourth-order valence-corrected chi connectivity index (χ4v) is 5.84. The first-order valence-electron chi connectivity index (χ1n) is 10.5. The summed E-state index contributed by atoms with van der Waals surface area (Å²) in [6.07, 6.45) is 9.37. The van der Waals surface area contributed by atoms with E-state index >= 15 is 0 Å². The Bertz CT molecular complexity index is 616. The van der Waals surface area contributed by atoms with E-state index < -0.39 is 0 Å². The highest BCUT2D eigenvalue weighted by molar-refractivity contribution is 8.00. The van der Waals surface area contributed by atoms with Crippen molar-refractivity contribution in [3.8, 4) is 0 Å². The van der Waals surface area contributed by atoms with Gasteiger partial charge in [-0.2, -0.15) is 0 Å². The SMILES string of the molecule is CCCCCNC(=O)[C@H]1CS[C@H](C2CCCCC2)N1C(=O)c1ccccc1. The lowest BCUT2D eigenvalue weighted by Gasteiger charge is -2.35. The molecule has 2 amide bonds. The molecule has 0 bridgehead atoms. The number of hydrogen-bond donors (Lipinski definition) is 1. The molecule has 148 valence electrons. The highest BCUT2D eigenvalue weighted by Crippen LogP contribution is 2.41. The van der Waals surface area contributed by atoms with Gasteiger partial charge in [0.15, 0.2) is 0 Å². The molecular weight excluding hydrogens is 356 g/mol. The van der Waals surface area contributed by atoms with Crippen molar-refractivity contribution in [3.05, 3.63) is 35.9 Å². The van der Waals surface area contributed by atoms with E-state index in [1.807, 2.05) is 35.2 Å². The van der Waals surface area contributed by atoms with Gasteiger partial charge in [0.1, 0.15) is 6.04 Å². The third kappa shape index (κ3) is 5.07.